The number of hydrogen-bond donors (Lipinski definition) is 0. The second-order valence-corrected chi connectivity index (χ2v) is 5.87. The molecule has 0 bridgehead atoms. The van der Waals surface area contributed by atoms with Gasteiger partial charge in [-0.15, -0.1) is 11.3 Å². The third-order valence-electron chi connectivity index (χ3n) is 3.24. The highest BCUT2D eigenvalue weighted by Crippen LogP contribution is 2.21. The normalized spacial score (nSPS) is 12.3. The van der Waals surface area contributed by atoms with E-state index in [-0.39, 0.29) is 5.76 Å². The number of nitro groups is 1. The van der Waals surface area contributed by atoms with Crippen LogP contribution >= 0.6 is 11.3 Å². The number of thiophene rings is 1. The zero-order valence-electron chi connectivity index (χ0n) is 13.3. The fourth-order valence-corrected chi connectivity index (χ4v) is 2.69. The molecule has 2 aromatic rings. The summed E-state index contributed by atoms with van der Waals surface area (Å²) in [6, 6.07) is 11.8. The third kappa shape index (κ3) is 5.25. The van der Waals surface area contributed by atoms with E-state index in [0.29, 0.717) is 10.4 Å². The van der Waals surface area contributed by atoms with Gasteiger partial charge in [-0.1, -0.05) is 36.4 Å². The van der Waals surface area contributed by atoms with Crippen molar-refractivity contribution >= 4 is 23.3 Å². The molecule has 1 aromatic heterocycles. The molecule has 0 unspecified atom stereocenters. The highest BCUT2D eigenvalue weighted by atomic mass is 32.1. The van der Waals surface area contributed by atoms with Crippen LogP contribution in [-0.4, -0.2) is 30.5 Å². The van der Waals surface area contributed by atoms with Gasteiger partial charge in [-0.3, -0.25) is 10.1 Å². The van der Waals surface area contributed by atoms with Crippen LogP contribution in [0.5, 0.6) is 0 Å². The molecule has 130 valence electrons. The van der Waals surface area contributed by atoms with Crippen molar-refractivity contribution in [2.45, 2.75) is 5.92 Å². The predicted molar refractivity (Wildman–Crippen MR) is 90.9 cm³/mol. The zero-order valence-corrected chi connectivity index (χ0v) is 14.1. The molecule has 1 heterocycles. The van der Waals surface area contributed by atoms with Crippen LogP contribution in [0, 0.1) is 10.1 Å². The molecule has 7 nitrogen and oxygen atoms in total. The topological polar surface area (TPSA) is 95.7 Å². The van der Waals surface area contributed by atoms with Crippen LogP contribution in [0.15, 0.2) is 59.7 Å². The van der Waals surface area contributed by atoms with Crippen LogP contribution < -0.4 is 0 Å². The van der Waals surface area contributed by atoms with Gasteiger partial charge in [0, 0.05) is 4.92 Å². The van der Waals surface area contributed by atoms with Gasteiger partial charge in [-0.25, -0.2) is 9.59 Å². The Bertz CT molecular complexity index is 770. The molecule has 0 aliphatic rings. The SMILES string of the molecule is COC(=O)/C(=C/[C@@H](C[N+](=O)[O-])c1ccccc1)OC(=O)c1cccs1. The van der Waals surface area contributed by atoms with Gasteiger partial charge in [-0.2, -0.15) is 0 Å². The van der Waals surface area contributed by atoms with Crippen molar-refractivity contribution in [3.05, 3.63) is 80.2 Å². The predicted octanol–water partition coefficient (Wildman–Crippen LogP) is 3.02. The van der Waals surface area contributed by atoms with Crippen molar-refractivity contribution in [1.82, 2.24) is 0 Å². The number of hydrogen-bond acceptors (Lipinski definition) is 7. The maximum absolute atomic E-state index is 12.1. The van der Waals surface area contributed by atoms with E-state index in [0.717, 1.165) is 18.4 Å². The Morgan fingerprint density at radius 1 is 1.24 bits per heavy atom. The van der Waals surface area contributed by atoms with Crippen LogP contribution in [0.1, 0.15) is 21.2 Å². The molecule has 25 heavy (non-hydrogen) atoms. The number of carbonyl (C=O) groups excluding carboxylic acids is 2. The quantitative estimate of drug-likeness (QED) is 0.247. The Labute approximate surface area is 147 Å². The summed E-state index contributed by atoms with van der Waals surface area (Å²) in [4.78, 5) is 34.8. The Kier molecular flexibility index (Phi) is 6.41. The van der Waals surface area contributed by atoms with Crippen LogP contribution in [0.2, 0.25) is 0 Å². The molecule has 0 aliphatic heterocycles. The molecule has 1 aromatic carbocycles. The molecular weight excluding hydrogens is 346 g/mol. The molecule has 0 radical (unpaired) electrons. The highest BCUT2D eigenvalue weighted by molar-refractivity contribution is 7.11. The monoisotopic (exact) mass is 361 g/mol. The smallest absolute Gasteiger partial charge is 0.373 e. The van der Waals surface area contributed by atoms with Gasteiger partial charge in [0.1, 0.15) is 4.88 Å². The summed E-state index contributed by atoms with van der Waals surface area (Å²) in [5.74, 6) is -2.73. The lowest BCUT2D eigenvalue weighted by atomic mass is 9.98. The van der Waals surface area contributed by atoms with Crippen molar-refractivity contribution in [2.75, 3.05) is 13.7 Å². The van der Waals surface area contributed by atoms with Crippen molar-refractivity contribution < 1.29 is 24.0 Å². The largest absolute Gasteiger partial charge is 0.463 e. The molecular formula is C17H15NO6S. The first-order valence-corrected chi connectivity index (χ1v) is 8.11. The number of rotatable bonds is 7. The number of nitrogens with zero attached hydrogens (tertiary/aromatic N) is 1. The summed E-state index contributed by atoms with van der Waals surface area (Å²) in [6.45, 7) is -0.457. The first kappa shape index (κ1) is 18.3. The van der Waals surface area contributed by atoms with E-state index >= 15 is 0 Å². The molecule has 8 heteroatoms. The fraction of sp³-hybridized carbons (Fsp3) is 0.176. The number of benzene rings is 1. The second-order valence-electron chi connectivity index (χ2n) is 4.92. The number of carbonyl (C=O) groups is 2. The van der Waals surface area contributed by atoms with Gasteiger partial charge in [-0.05, 0) is 23.1 Å². The van der Waals surface area contributed by atoms with E-state index in [9.17, 15) is 19.7 Å². The third-order valence-corrected chi connectivity index (χ3v) is 4.09. The average Bonchev–Trinajstić information content (AvgIpc) is 3.15. The summed E-state index contributed by atoms with van der Waals surface area (Å²) in [5, 5.41) is 12.7. The van der Waals surface area contributed by atoms with Crippen molar-refractivity contribution in [3.63, 3.8) is 0 Å². The maximum Gasteiger partial charge on any atom is 0.373 e. The summed E-state index contributed by atoms with van der Waals surface area (Å²) >= 11 is 1.16. The lowest BCUT2D eigenvalue weighted by Gasteiger charge is -2.12. The van der Waals surface area contributed by atoms with Gasteiger partial charge < -0.3 is 9.47 Å². The van der Waals surface area contributed by atoms with Crippen molar-refractivity contribution in [1.29, 1.82) is 0 Å². The van der Waals surface area contributed by atoms with Gasteiger partial charge in [0.2, 0.25) is 12.3 Å². The molecule has 0 amide bonds. The average molecular weight is 361 g/mol. The van der Waals surface area contributed by atoms with Gasteiger partial charge >= 0.3 is 11.9 Å². The lowest BCUT2D eigenvalue weighted by molar-refractivity contribution is -0.481. The minimum Gasteiger partial charge on any atom is -0.463 e. The van der Waals surface area contributed by atoms with Crippen LogP contribution in [0.3, 0.4) is 0 Å². The number of esters is 2. The molecule has 0 spiro atoms. The molecule has 0 N–H and O–H groups in total. The van der Waals surface area contributed by atoms with E-state index < -0.39 is 29.3 Å². The Morgan fingerprint density at radius 2 is 1.96 bits per heavy atom. The zero-order chi connectivity index (χ0) is 18.2. The minimum atomic E-state index is -0.880. The molecule has 0 aliphatic carbocycles. The molecule has 1 atom stereocenters. The van der Waals surface area contributed by atoms with Crippen LogP contribution in [0.4, 0.5) is 0 Å². The van der Waals surface area contributed by atoms with E-state index in [2.05, 4.69) is 4.74 Å². The summed E-state index contributed by atoms with van der Waals surface area (Å²) in [5.41, 5.74) is 0.618. The fourth-order valence-electron chi connectivity index (χ4n) is 2.09. The first-order valence-electron chi connectivity index (χ1n) is 7.24. The lowest BCUT2D eigenvalue weighted by Crippen LogP contribution is -2.17. The van der Waals surface area contributed by atoms with E-state index in [1.807, 2.05) is 0 Å². The van der Waals surface area contributed by atoms with Crippen LogP contribution in [0.25, 0.3) is 0 Å². The number of ether oxygens (including phenoxy) is 2. The molecule has 2 rings (SSSR count). The second kappa shape index (κ2) is 8.74. The van der Waals surface area contributed by atoms with E-state index in [1.165, 1.54) is 6.08 Å². The highest BCUT2D eigenvalue weighted by Gasteiger charge is 2.23. The molecule has 0 fully saturated rings. The van der Waals surface area contributed by atoms with Gasteiger partial charge in [0.25, 0.3) is 0 Å². The Hall–Kier alpha value is -3.00. The minimum absolute atomic E-state index is 0.306. The standard InChI is InChI=1S/C17H15NO6S/c1-23-16(19)14(24-17(20)15-8-5-9-25-15)10-13(11-18(21)22)12-6-3-2-4-7-12/h2-10,13H,11H2,1H3/b14-10-/t13-/m0/s1. The summed E-state index contributed by atoms with van der Waals surface area (Å²) in [7, 11) is 1.14. The Balaban J connectivity index is 2.33. The van der Waals surface area contributed by atoms with Crippen molar-refractivity contribution in [3.8, 4) is 0 Å². The van der Waals surface area contributed by atoms with E-state index in [4.69, 9.17) is 4.74 Å². The van der Waals surface area contributed by atoms with Crippen molar-refractivity contribution in [2.24, 2.45) is 0 Å². The van der Waals surface area contributed by atoms with Crippen LogP contribution in [-0.2, 0) is 14.3 Å². The molecule has 0 saturated heterocycles. The maximum atomic E-state index is 12.1. The summed E-state index contributed by atoms with van der Waals surface area (Å²) in [6.07, 6.45) is 1.25. The number of methoxy groups -OCH3 is 1. The Morgan fingerprint density at radius 3 is 2.52 bits per heavy atom. The first-order chi connectivity index (χ1) is 12.0. The van der Waals surface area contributed by atoms with Gasteiger partial charge in [0.15, 0.2) is 0 Å². The van der Waals surface area contributed by atoms with Gasteiger partial charge in [0.05, 0.1) is 13.0 Å². The van der Waals surface area contributed by atoms with E-state index in [1.54, 1.807) is 47.8 Å². The summed E-state index contributed by atoms with van der Waals surface area (Å²) < 4.78 is 9.74. The molecule has 0 saturated carbocycles.